The number of benzene rings is 2. The van der Waals surface area contributed by atoms with E-state index in [1.165, 1.54) is 18.3 Å². The highest BCUT2D eigenvalue weighted by Crippen LogP contribution is 2.24. The van der Waals surface area contributed by atoms with Gasteiger partial charge in [-0.1, -0.05) is 45.0 Å². The molecule has 0 aliphatic heterocycles. The predicted octanol–water partition coefficient (Wildman–Crippen LogP) is 4.17. The minimum Gasteiger partial charge on any atom is -0.276 e. The molecule has 0 saturated carbocycles. The number of hydrogen-bond donors (Lipinski definition) is 1. The molecule has 0 radical (unpaired) electrons. The smallest absolute Gasteiger partial charge is 0.261 e. The van der Waals surface area contributed by atoms with Crippen molar-refractivity contribution >= 4 is 15.7 Å². The summed E-state index contributed by atoms with van der Waals surface area (Å²) < 4.78 is 42.3. The fourth-order valence-corrected chi connectivity index (χ4v) is 3.66. The second-order valence-electron chi connectivity index (χ2n) is 7.43. The first-order chi connectivity index (χ1) is 12.6. The van der Waals surface area contributed by atoms with Gasteiger partial charge in [0.05, 0.1) is 23.3 Å². The summed E-state index contributed by atoms with van der Waals surface area (Å²) in [5, 5.41) is 4.15. The van der Waals surface area contributed by atoms with Gasteiger partial charge in [0.25, 0.3) is 10.0 Å². The zero-order chi connectivity index (χ0) is 19.7. The number of rotatable bonds is 5. The first-order valence-corrected chi connectivity index (χ1v) is 10.0. The second kappa shape index (κ2) is 7.15. The van der Waals surface area contributed by atoms with Crippen LogP contribution in [0.3, 0.4) is 0 Å². The Morgan fingerprint density at radius 3 is 2.26 bits per heavy atom. The van der Waals surface area contributed by atoms with Crippen molar-refractivity contribution in [3.8, 4) is 0 Å². The molecule has 2 aromatic carbocycles. The van der Waals surface area contributed by atoms with Gasteiger partial charge in [-0.2, -0.15) is 5.10 Å². The maximum atomic E-state index is 13.0. The Morgan fingerprint density at radius 1 is 1.04 bits per heavy atom. The van der Waals surface area contributed by atoms with Gasteiger partial charge in [-0.15, -0.1) is 0 Å². The Hall–Kier alpha value is -2.67. The van der Waals surface area contributed by atoms with E-state index >= 15 is 0 Å². The summed E-state index contributed by atoms with van der Waals surface area (Å²) in [6.07, 6.45) is 3.05. The van der Waals surface area contributed by atoms with Crippen LogP contribution in [-0.4, -0.2) is 18.2 Å². The monoisotopic (exact) mass is 387 g/mol. The number of halogens is 1. The average molecular weight is 387 g/mol. The highest BCUT2D eigenvalue weighted by molar-refractivity contribution is 7.92. The van der Waals surface area contributed by atoms with Crippen molar-refractivity contribution in [2.75, 3.05) is 4.72 Å². The molecule has 1 heterocycles. The maximum absolute atomic E-state index is 13.0. The van der Waals surface area contributed by atoms with E-state index in [4.69, 9.17) is 0 Å². The maximum Gasteiger partial charge on any atom is 0.261 e. The van der Waals surface area contributed by atoms with Gasteiger partial charge < -0.3 is 0 Å². The fraction of sp³-hybridized carbons (Fsp3) is 0.250. The van der Waals surface area contributed by atoms with E-state index in [2.05, 4.69) is 30.6 Å². The lowest BCUT2D eigenvalue weighted by Crippen LogP contribution is -2.14. The van der Waals surface area contributed by atoms with Crippen LogP contribution in [0.4, 0.5) is 10.1 Å². The molecule has 0 spiro atoms. The molecule has 27 heavy (non-hydrogen) atoms. The Bertz CT molecular complexity index is 1020. The summed E-state index contributed by atoms with van der Waals surface area (Å²) >= 11 is 0. The molecule has 0 atom stereocenters. The van der Waals surface area contributed by atoms with E-state index in [0.29, 0.717) is 12.2 Å². The summed E-state index contributed by atoms with van der Waals surface area (Å²) in [6, 6.07) is 12.9. The van der Waals surface area contributed by atoms with Crippen molar-refractivity contribution in [1.29, 1.82) is 0 Å². The minimum absolute atomic E-state index is 0.0444. The van der Waals surface area contributed by atoms with Crippen LogP contribution in [0.2, 0.25) is 0 Å². The number of hydrogen-bond acceptors (Lipinski definition) is 3. The normalized spacial score (nSPS) is 12.1. The molecule has 142 valence electrons. The molecule has 5 nitrogen and oxygen atoms in total. The zero-order valence-corrected chi connectivity index (χ0v) is 16.3. The van der Waals surface area contributed by atoms with Gasteiger partial charge in [-0.25, -0.2) is 12.8 Å². The van der Waals surface area contributed by atoms with Gasteiger partial charge in [-0.05, 0) is 40.8 Å². The van der Waals surface area contributed by atoms with E-state index in [0.717, 1.165) is 11.1 Å². The minimum atomic E-state index is -3.69. The molecule has 0 bridgehead atoms. The first kappa shape index (κ1) is 19.1. The van der Waals surface area contributed by atoms with Crippen LogP contribution in [0.15, 0.2) is 65.8 Å². The van der Waals surface area contributed by atoms with Gasteiger partial charge in [0.2, 0.25) is 0 Å². The van der Waals surface area contributed by atoms with Gasteiger partial charge in [0, 0.05) is 6.20 Å². The Kier molecular flexibility index (Phi) is 5.06. The van der Waals surface area contributed by atoms with Gasteiger partial charge >= 0.3 is 0 Å². The number of aromatic nitrogens is 2. The van der Waals surface area contributed by atoms with Gasteiger partial charge in [-0.3, -0.25) is 9.40 Å². The summed E-state index contributed by atoms with van der Waals surface area (Å²) in [6.45, 7) is 6.64. The van der Waals surface area contributed by atoms with Gasteiger partial charge in [0.1, 0.15) is 5.82 Å². The topological polar surface area (TPSA) is 64.0 Å². The Labute approximate surface area is 158 Å². The van der Waals surface area contributed by atoms with E-state index < -0.39 is 10.0 Å². The van der Waals surface area contributed by atoms with Crippen LogP contribution < -0.4 is 4.72 Å². The van der Waals surface area contributed by atoms with Crippen molar-refractivity contribution in [1.82, 2.24) is 9.78 Å². The third-order valence-corrected chi connectivity index (χ3v) is 5.57. The molecule has 0 fully saturated rings. The zero-order valence-electron chi connectivity index (χ0n) is 15.5. The average Bonchev–Trinajstić information content (AvgIpc) is 3.02. The summed E-state index contributed by atoms with van der Waals surface area (Å²) in [5.74, 6) is -0.301. The number of sulfonamides is 1. The third kappa shape index (κ3) is 4.74. The molecule has 0 saturated heterocycles. The van der Waals surface area contributed by atoms with Crippen molar-refractivity contribution < 1.29 is 12.8 Å². The first-order valence-electron chi connectivity index (χ1n) is 8.54. The molecule has 0 amide bonds. The molecule has 3 rings (SSSR count). The fourth-order valence-electron chi connectivity index (χ4n) is 2.63. The summed E-state index contributed by atoms with van der Waals surface area (Å²) in [5.41, 5.74) is 2.26. The number of nitrogens with zero attached hydrogens (tertiary/aromatic N) is 2. The Morgan fingerprint density at radius 2 is 1.67 bits per heavy atom. The molecule has 0 aliphatic rings. The lowest BCUT2D eigenvalue weighted by molar-refractivity contribution is 0.587. The van der Waals surface area contributed by atoms with Crippen LogP contribution in [-0.2, 0) is 22.0 Å². The van der Waals surface area contributed by atoms with Crippen LogP contribution >= 0.6 is 0 Å². The molecule has 3 aromatic rings. The lowest BCUT2D eigenvalue weighted by Gasteiger charge is -2.19. The summed E-state index contributed by atoms with van der Waals surface area (Å²) in [7, 11) is -3.69. The van der Waals surface area contributed by atoms with Crippen LogP contribution in [0.25, 0.3) is 0 Å². The van der Waals surface area contributed by atoms with Crippen LogP contribution in [0.5, 0.6) is 0 Å². The molecule has 7 heteroatoms. The van der Waals surface area contributed by atoms with Gasteiger partial charge in [0.15, 0.2) is 0 Å². The molecule has 1 aromatic heterocycles. The SMILES string of the molecule is CC(C)(C)c1ccc(S(=O)(=O)Nc2cnn(Cc3ccc(F)cc3)c2)cc1. The van der Waals surface area contributed by atoms with E-state index in [-0.39, 0.29) is 16.1 Å². The van der Waals surface area contributed by atoms with E-state index in [1.807, 2.05) is 12.1 Å². The highest BCUT2D eigenvalue weighted by atomic mass is 32.2. The molecular formula is C20H22FN3O2S. The van der Waals surface area contributed by atoms with Crippen molar-refractivity contribution in [3.63, 3.8) is 0 Å². The second-order valence-corrected chi connectivity index (χ2v) is 9.12. The van der Waals surface area contributed by atoms with Crippen molar-refractivity contribution in [2.45, 2.75) is 37.6 Å². The predicted molar refractivity (Wildman–Crippen MR) is 104 cm³/mol. The Balaban J connectivity index is 1.72. The highest BCUT2D eigenvalue weighted by Gasteiger charge is 2.18. The standard InChI is InChI=1S/C20H22FN3O2S/c1-20(2,3)16-6-10-19(11-7-16)27(25,26)23-18-12-22-24(14-18)13-15-4-8-17(21)9-5-15/h4-12,14,23H,13H2,1-3H3. The van der Waals surface area contributed by atoms with E-state index in [1.54, 1.807) is 35.1 Å². The number of anilines is 1. The summed E-state index contributed by atoms with van der Waals surface area (Å²) in [4.78, 5) is 0.196. The molecular weight excluding hydrogens is 365 g/mol. The lowest BCUT2D eigenvalue weighted by atomic mass is 9.87. The van der Waals surface area contributed by atoms with Crippen molar-refractivity contribution in [3.05, 3.63) is 77.9 Å². The largest absolute Gasteiger partial charge is 0.276 e. The molecule has 1 N–H and O–H groups in total. The molecule has 0 unspecified atom stereocenters. The quantitative estimate of drug-likeness (QED) is 0.715. The molecule has 0 aliphatic carbocycles. The number of nitrogens with one attached hydrogen (secondary N) is 1. The van der Waals surface area contributed by atoms with E-state index in [9.17, 15) is 12.8 Å². The van der Waals surface area contributed by atoms with Crippen LogP contribution in [0.1, 0.15) is 31.9 Å². The van der Waals surface area contributed by atoms with Crippen molar-refractivity contribution in [2.24, 2.45) is 0 Å². The third-order valence-electron chi connectivity index (χ3n) is 4.17. The van der Waals surface area contributed by atoms with Crippen LogP contribution in [0, 0.1) is 5.82 Å².